The van der Waals surface area contributed by atoms with Crippen molar-refractivity contribution in [1.29, 1.82) is 0 Å². The van der Waals surface area contributed by atoms with Crippen LogP contribution in [0, 0.1) is 0 Å². The van der Waals surface area contributed by atoms with Crippen LogP contribution in [0.4, 0.5) is 24.9 Å². The number of benzene rings is 1. The summed E-state index contributed by atoms with van der Waals surface area (Å²) in [6, 6.07) is 13.1. The van der Waals surface area contributed by atoms with Gasteiger partial charge in [-0.15, -0.1) is 23.4 Å². The first-order valence-electron chi connectivity index (χ1n) is 10.1. The number of aryl methyl sites for hydroxylation is 1. The van der Waals surface area contributed by atoms with Crippen LogP contribution in [-0.2, 0) is 13.5 Å². The minimum absolute atomic E-state index is 0.277. The Labute approximate surface area is 190 Å². The fraction of sp³-hybridized carbons (Fsp3) is 0.136. The number of pyridine rings is 1. The molecule has 0 unspecified atom stereocenters. The van der Waals surface area contributed by atoms with Crippen molar-refractivity contribution in [2.45, 2.75) is 12.8 Å². The molecule has 0 radical (unpaired) electrons. The highest BCUT2D eigenvalue weighted by atomic mass is 19.4. The Bertz CT molecular complexity index is 1460. The standard InChI is InChI=1S/C22H17F3N8O/c1-32-18(6-9-27-32)29-21-26-8-5-17(28-21)15-7-10-33-19(30-31-20(33)13-15)12-14-3-2-4-16(11-14)34-22(23,24)25/h2-11,13H,12H2,1H3,(H,26,28,29). The van der Waals surface area contributed by atoms with Crippen LogP contribution in [0.2, 0.25) is 0 Å². The normalized spacial score (nSPS) is 11.6. The largest absolute Gasteiger partial charge is 0.573 e. The van der Waals surface area contributed by atoms with Gasteiger partial charge in [-0.05, 0) is 35.9 Å². The fourth-order valence-electron chi connectivity index (χ4n) is 3.45. The molecule has 1 N–H and O–H groups in total. The zero-order valence-electron chi connectivity index (χ0n) is 17.7. The van der Waals surface area contributed by atoms with Crippen LogP contribution in [-0.4, -0.2) is 40.7 Å². The van der Waals surface area contributed by atoms with Crippen molar-refractivity contribution in [3.8, 4) is 17.0 Å². The van der Waals surface area contributed by atoms with E-state index in [1.165, 1.54) is 18.2 Å². The molecule has 4 heterocycles. The smallest absolute Gasteiger partial charge is 0.406 e. The summed E-state index contributed by atoms with van der Waals surface area (Å²) in [5.41, 5.74) is 2.68. The van der Waals surface area contributed by atoms with Gasteiger partial charge in [-0.3, -0.25) is 9.08 Å². The lowest BCUT2D eigenvalue weighted by atomic mass is 10.1. The summed E-state index contributed by atoms with van der Waals surface area (Å²) >= 11 is 0. The van der Waals surface area contributed by atoms with E-state index in [0.29, 0.717) is 28.7 Å². The first-order valence-corrected chi connectivity index (χ1v) is 10.1. The van der Waals surface area contributed by atoms with Crippen LogP contribution >= 0.6 is 0 Å². The highest BCUT2D eigenvalue weighted by Crippen LogP contribution is 2.25. The Morgan fingerprint density at radius 3 is 2.71 bits per heavy atom. The molecule has 0 aliphatic carbocycles. The van der Waals surface area contributed by atoms with E-state index in [2.05, 4.69) is 35.3 Å². The van der Waals surface area contributed by atoms with Crippen molar-refractivity contribution >= 4 is 17.4 Å². The van der Waals surface area contributed by atoms with E-state index >= 15 is 0 Å². The number of halogens is 3. The van der Waals surface area contributed by atoms with Gasteiger partial charge in [0.15, 0.2) is 5.65 Å². The van der Waals surface area contributed by atoms with Crippen LogP contribution in [0.5, 0.6) is 5.75 Å². The summed E-state index contributed by atoms with van der Waals surface area (Å²) < 4.78 is 45.0. The van der Waals surface area contributed by atoms with Gasteiger partial charge in [-0.25, -0.2) is 9.97 Å². The highest BCUT2D eigenvalue weighted by molar-refractivity contribution is 5.65. The maximum atomic E-state index is 12.5. The molecule has 0 spiro atoms. The minimum Gasteiger partial charge on any atom is -0.406 e. The molecule has 4 aromatic heterocycles. The zero-order chi connectivity index (χ0) is 23.7. The van der Waals surface area contributed by atoms with E-state index < -0.39 is 6.36 Å². The molecule has 172 valence electrons. The second-order valence-electron chi connectivity index (χ2n) is 7.36. The van der Waals surface area contributed by atoms with E-state index in [4.69, 9.17) is 0 Å². The van der Waals surface area contributed by atoms with Crippen molar-refractivity contribution in [2.75, 3.05) is 5.32 Å². The van der Waals surface area contributed by atoms with Gasteiger partial charge in [-0.1, -0.05) is 12.1 Å². The third-order valence-corrected chi connectivity index (χ3v) is 4.99. The second-order valence-corrected chi connectivity index (χ2v) is 7.36. The Morgan fingerprint density at radius 2 is 1.91 bits per heavy atom. The van der Waals surface area contributed by atoms with Crippen LogP contribution in [0.3, 0.4) is 0 Å². The molecule has 0 aliphatic heterocycles. The van der Waals surface area contributed by atoms with Gasteiger partial charge in [0, 0.05) is 37.5 Å². The lowest BCUT2D eigenvalue weighted by Gasteiger charge is -2.10. The van der Waals surface area contributed by atoms with Crippen LogP contribution < -0.4 is 10.1 Å². The molecule has 0 amide bonds. The third kappa shape index (κ3) is 4.65. The number of nitrogens with one attached hydrogen (secondary N) is 1. The Kier molecular flexibility index (Phi) is 5.32. The molecule has 0 aliphatic rings. The van der Waals surface area contributed by atoms with Crippen molar-refractivity contribution < 1.29 is 17.9 Å². The number of hydrogen-bond acceptors (Lipinski definition) is 7. The lowest BCUT2D eigenvalue weighted by molar-refractivity contribution is -0.274. The van der Waals surface area contributed by atoms with Crippen molar-refractivity contribution in [3.05, 3.63) is 78.5 Å². The molecule has 0 fully saturated rings. The number of aromatic nitrogens is 7. The Hall–Kier alpha value is -4.48. The summed E-state index contributed by atoms with van der Waals surface area (Å²) in [5.74, 6) is 1.47. The van der Waals surface area contributed by atoms with Crippen LogP contribution in [0.1, 0.15) is 11.4 Å². The summed E-state index contributed by atoms with van der Waals surface area (Å²) in [6.45, 7) is 0. The average Bonchev–Trinajstić information content (AvgIpc) is 3.38. The number of nitrogens with zero attached hydrogens (tertiary/aromatic N) is 7. The summed E-state index contributed by atoms with van der Waals surface area (Å²) in [6.07, 6.45) is 0.651. The molecule has 5 aromatic rings. The molecule has 0 atom stereocenters. The number of ether oxygens (including phenoxy) is 1. The van der Waals surface area contributed by atoms with E-state index in [-0.39, 0.29) is 12.2 Å². The van der Waals surface area contributed by atoms with E-state index in [1.54, 1.807) is 39.8 Å². The topological polar surface area (TPSA) is 95.1 Å². The number of rotatable bonds is 6. The SMILES string of the molecule is Cn1nccc1Nc1nccc(-c2ccn3c(Cc4cccc(OC(F)(F)F)c4)nnc3c2)n1. The van der Waals surface area contributed by atoms with Gasteiger partial charge < -0.3 is 10.1 Å². The maximum Gasteiger partial charge on any atom is 0.573 e. The average molecular weight is 466 g/mol. The minimum atomic E-state index is -4.75. The summed E-state index contributed by atoms with van der Waals surface area (Å²) in [5, 5.41) is 15.6. The summed E-state index contributed by atoms with van der Waals surface area (Å²) in [4.78, 5) is 8.80. The van der Waals surface area contributed by atoms with Gasteiger partial charge in [-0.2, -0.15) is 5.10 Å². The predicted molar refractivity (Wildman–Crippen MR) is 116 cm³/mol. The van der Waals surface area contributed by atoms with Gasteiger partial charge in [0.2, 0.25) is 5.95 Å². The number of anilines is 2. The highest BCUT2D eigenvalue weighted by Gasteiger charge is 2.31. The van der Waals surface area contributed by atoms with Gasteiger partial charge in [0.1, 0.15) is 17.4 Å². The van der Waals surface area contributed by atoms with E-state index in [9.17, 15) is 13.2 Å². The van der Waals surface area contributed by atoms with Crippen molar-refractivity contribution in [2.24, 2.45) is 7.05 Å². The molecule has 0 bridgehead atoms. The second kappa shape index (κ2) is 8.46. The first kappa shape index (κ1) is 21.4. The van der Waals surface area contributed by atoms with Gasteiger partial charge in [0.25, 0.3) is 0 Å². The van der Waals surface area contributed by atoms with Gasteiger partial charge in [0.05, 0.1) is 11.9 Å². The summed E-state index contributed by atoms with van der Waals surface area (Å²) in [7, 11) is 1.81. The number of alkyl halides is 3. The third-order valence-electron chi connectivity index (χ3n) is 4.99. The molecule has 12 heteroatoms. The zero-order valence-corrected chi connectivity index (χ0v) is 17.7. The number of hydrogen-bond donors (Lipinski definition) is 1. The number of fused-ring (bicyclic) bond motifs is 1. The quantitative estimate of drug-likeness (QED) is 0.402. The molecule has 1 aromatic carbocycles. The molecule has 0 saturated heterocycles. The molecule has 34 heavy (non-hydrogen) atoms. The first-order chi connectivity index (χ1) is 16.3. The van der Waals surface area contributed by atoms with E-state index in [1.807, 2.05) is 25.2 Å². The molecule has 5 rings (SSSR count). The maximum absolute atomic E-state index is 12.5. The van der Waals surface area contributed by atoms with Crippen LogP contribution in [0.25, 0.3) is 16.9 Å². The van der Waals surface area contributed by atoms with Crippen molar-refractivity contribution in [1.82, 2.24) is 34.3 Å². The van der Waals surface area contributed by atoms with E-state index in [0.717, 1.165) is 11.4 Å². The Morgan fingerprint density at radius 1 is 1.03 bits per heavy atom. The monoisotopic (exact) mass is 466 g/mol. The molecular weight excluding hydrogens is 449 g/mol. The van der Waals surface area contributed by atoms with Crippen molar-refractivity contribution in [3.63, 3.8) is 0 Å². The molecule has 0 saturated carbocycles. The molecule has 9 nitrogen and oxygen atoms in total. The fourth-order valence-corrected chi connectivity index (χ4v) is 3.45. The predicted octanol–water partition coefficient (Wildman–Crippen LogP) is 4.15. The Balaban J connectivity index is 1.38. The molecular formula is C22H17F3N8O. The van der Waals surface area contributed by atoms with Gasteiger partial charge >= 0.3 is 6.36 Å². The lowest BCUT2D eigenvalue weighted by Crippen LogP contribution is -2.17. The van der Waals surface area contributed by atoms with Crippen LogP contribution in [0.15, 0.2) is 67.1 Å².